The Balaban J connectivity index is 1.44. The third-order valence-electron chi connectivity index (χ3n) is 4.18. The van der Waals surface area contributed by atoms with Gasteiger partial charge in [-0.15, -0.1) is 11.3 Å². The number of rotatable bonds is 5. The fourth-order valence-corrected chi connectivity index (χ4v) is 3.44. The Morgan fingerprint density at radius 2 is 1.75 bits per heavy atom. The van der Waals surface area contributed by atoms with Crippen molar-refractivity contribution in [1.29, 1.82) is 0 Å². The summed E-state index contributed by atoms with van der Waals surface area (Å²) >= 11 is 1.54. The van der Waals surface area contributed by atoms with E-state index in [4.69, 9.17) is 4.74 Å². The van der Waals surface area contributed by atoms with Crippen LogP contribution >= 0.6 is 11.3 Å². The highest BCUT2D eigenvalue weighted by Crippen LogP contribution is 2.30. The molecule has 0 fully saturated rings. The van der Waals surface area contributed by atoms with Gasteiger partial charge in [-0.1, -0.05) is 0 Å². The highest BCUT2D eigenvalue weighted by molar-refractivity contribution is 7.17. The van der Waals surface area contributed by atoms with E-state index in [-0.39, 0.29) is 5.91 Å². The second-order valence-corrected chi connectivity index (χ2v) is 7.25. The molecule has 1 N–H and O–H groups in total. The van der Waals surface area contributed by atoms with Gasteiger partial charge in [-0.05, 0) is 60.0 Å². The minimum Gasteiger partial charge on any atom is -0.437 e. The van der Waals surface area contributed by atoms with Gasteiger partial charge in [-0.2, -0.15) is 0 Å². The monoisotopic (exact) mass is 390 g/mol. The maximum atomic E-state index is 12.4. The van der Waals surface area contributed by atoms with Crippen molar-refractivity contribution in [2.24, 2.45) is 0 Å². The number of nitrogens with one attached hydrogen (secondary N) is 1. The number of aromatic nitrogens is 2. The van der Waals surface area contributed by atoms with Crippen LogP contribution in [0.3, 0.4) is 0 Å². The van der Waals surface area contributed by atoms with Gasteiger partial charge in [0.2, 0.25) is 5.88 Å². The average Bonchev–Trinajstić information content (AvgIpc) is 3.19. The Morgan fingerprint density at radius 3 is 2.46 bits per heavy atom. The molecule has 0 spiro atoms. The van der Waals surface area contributed by atoms with Crippen LogP contribution in [0, 0.1) is 0 Å². The molecule has 28 heavy (non-hydrogen) atoms. The maximum absolute atomic E-state index is 12.4. The molecule has 0 unspecified atom stereocenters. The van der Waals surface area contributed by atoms with Crippen molar-refractivity contribution in [3.8, 4) is 11.6 Å². The molecule has 0 aliphatic rings. The number of thiophene rings is 1. The van der Waals surface area contributed by atoms with Crippen molar-refractivity contribution < 1.29 is 9.53 Å². The van der Waals surface area contributed by atoms with Crippen LogP contribution in [-0.4, -0.2) is 30.0 Å². The predicted molar refractivity (Wildman–Crippen MR) is 113 cm³/mol. The van der Waals surface area contributed by atoms with E-state index in [1.165, 1.54) is 17.7 Å². The summed E-state index contributed by atoms with van der Waals surface area (Å²) in [4.78, 5) is 22.8. The number of anilines is 2. The lowest BCUT2D eigenvalue weighted by Crippen LogP contribution is -2.13. The van der Waals surface area contributed by atoms with E-state index >= 15 is 0 Å². The topological polar surface area (TPSA) is 67.4 Å². The zero-order chi connectivity index (χ0) is 19.5. The predicted octanol–water partition coefficient (Wildman–Crippen LogP) is 4.80. The minimum absolute atomic E-state index is 0.157. The Bertz CT molecular complexity index is 1110. The maximum Gasteiger partial charge on any atom is 0.255 e. The largest absolute Gasteiger partial charge is 0.437 e. The average molecular weight is 390 g/mol. The first-order valence-corrected chi connectivity index (χ1v) is 9.53. The molecule has 0 aliphatic carbocycles. The number of hydrogen-bond acceptors (Lipinski definition) is 6. The van der Waals surface area contributed by atoms with Gasteiger partial charge in [0.05, 0.1) is 5.52 Å². The van der Waals surface area contributed by atoms with Crippen molar-refractivity contribution in [2.45, 2.75) is 0 Å². The second-order valence-electron chi connectivity index (χ2n) is 6.34. The summed E-state index contributed by atoms with van der Waals surface area (Å²) in [5.74, 6) is 1.01. The molecule has 2 heterocycles. The fourth-order valence-electron chi connectivity index (χ4n) is 2.67. The lowest BCUT2D eigenvalue weighted by molar-refractivity contribution is 0.102. The van der Waals surface area contributed by atoms with Crippen LogP contribution < -0.4 is 15.0 Å². The SMILES string of the molecule is CN(C)c1ccc(C(=O)Nc2ccc(Oc3ncnc4ccsc34)cc2)cc1. The van der Waals surface area contributed by atoms with Gasteiger partial charge in [-0.25, -0.2) is 9.97 Å². The van der Waals surface area contributed by atoms with Crippen molar-refractivity contribution in [3.05, 3.63) is 71.9 Å². The lowest BCUT2D eigenvalue weighted by Gasteiger charge is -2.12. The molecule has 0 saturated carbocycles. The Labute approximate surface area is 166 Å². The van der Waals surface area contributed by atoms with Gasteiger partial charge in [0.15, 0.2) is 0 Å². The van der Waals surface area contributed by atoms with E-state index in [1.807, 2.05) is 54.7 Å². The molecular formula is C21H18N4O2S. The Hall–Kier alpha value is -3.45. The van der Waals surface area contributed by atoms with Gasteiger partial charge < -0.3 is 15.0 Å². The third kappa shape index (κ3) is 3.79. The minimum atomic E-state index is -0.157. The molecule has 0 atom stereocenters. The standard InChI is InChI=1S/C21H18N4O2S/c1-25(2)16-7-3-14(4-8-16)20(26)24-15-5-9-17(10-6-15)27-21-19-18(11-12-28-19)22-13-23-21/h3-13H,1-2H3,(H,24,26). The number of benzene rings is 2. The normalized spacial score (nSPS) is 10.6. The third-order valence-corrected chi connectivity index (χ3v) is 5.07. The number of fused-ring (bicyclic) bond motifs is 1. The van der Waals surface area contributed by atoms with E-state index in [1.54, 1.807) is 24.3 Å². The zero-order valence-corrected chi connectivity index (χ0v) is 16.2. The van der Waals surface area contributed by atoms with Crippen molar-refractivity contribution >= 4 is 38.8 Å². The van der Waals surface area contributed by atoms with Crippen LogP contribution in [0.15, 0.2) is 66.3 Å². The summed E-state index contributed by atoms with van der Waals surface area (Å²) in [5, 5.41) is 4.85. The Morgan fingerprint density at radius 1 is 1.00 bits per heavy atom. The molecule has 6 nitrogen and oxygen atoms in total. The molecule has 0 bridgehead atoms. The van der Waals surface area contributed by atoms with Gasteiger partial charge in [0.1, 0.15) is 16.8 Å². The molecule has 7 heteroatoms. The van der Waals surface area contributed by atoms with E-state index in [0.717, 1.165) is 15.9 Å². The molecule has 0 radical (unpaired) electrons. The summed E-state index contributed by atoms with van der Waals surface area (Å²) in [5.41, 5.74) is 3.20. The molecule has 140 valence electrons. The molecule has 4 aromatic rings. The van der Waals surface area contributed by atoms with Crippen molar-refractivity contribution in [1.82, 2.24) is 9.97 Å². The number of carbonyl (C=O) groups excluding carboxylic acids is 1. The molecule has 2 aromatic carbocycles. The second kappa shape index (κ2) is 7.66. The first kappa shape index (κ1) is 17.9. The summed E-state index contributed by atoms with van der Waals surface area (Å²) < 4.78 is 6.78. The molecule has 1 amide bonds. The summed E-state index contributed by atoms with van der Waals surface area (Å²) in [7, 11) is 3.92. The van der Waals surface area contributed by atoms with Crippen LogP contribution in [0.4, 0.5) is 11.4 Å². The number of carbonyl (C=O) groups is 1. The van der Waals surface area contributed by atoms with Gasteiger partial charge in [-0.3, -0.25) is 4.79 Å². The smallest absolute Gasteiger partial charge is 0.255 e. The number of ether oxygens (including phenoxy) is 1. The van der Waals surface area contributed by atoms with Gasteiger partial charge in [0.25, 0.3) is 5.91 Å². The van der Waals surface area contributed by atoms with Crippen LogP contribution in [-0.2, 0) is 0 Å². The molecule has 2 aromatic heterocycles. The van der Waals surface area contributed by atoms with Crippen molar-refractivity contribution in [3.63, 3.8) is 0 Å². The van der Waals surface area contributed by atoms with E-state index < -0.39 is 0 Å². The van der Waals surface area contributed by atoms with Gasteiger partial charge in [0, 0.05) is 31.0 Å². The summed E-state index contributed by atoms with van der Waals surface area (Å²) in [6, 6.07) is 16.6. The van der Waals surface area contributed by atoms with E-state index in [9.17, 15) is 4.79 Å². The molecule has 4 rings (SSSR count). The number of amides is 1. The Kier molecular flexibility index (Phi) is 4.90. The first-order chi connectivity index (χ1) is 13.6. The fraction of sp³-hybridized carbons (Fsp3) is 0.0952. The molecular weight excluding hydrogens is 372 g/mol. The van der Waals surface area contributed by atoms with E-state index in [2.05, 4.69) is 15.3 Å². The van der Waals surface area contributed by atoms with E-state index in [0.29, 0.717) is 22.9 Å². The lowest BCUT2D eigenvalue weighted by atomic mass is 10.2. The first-order valence-electron chi connectivity index (χ1n) is 8.65. The number of hydrogen-bond donors (Lipinski definition) is 1. The van der Waals surface area contributed by atoms with Crippen LogP contribution in [0.1, 0.15) is 10.4 Å². The molecule has 0 saturated heterocycles. The van der Waals surface area contributed by atoms with Crippen LogP contribution in [0.2, 0.25) is 0 Å². The zero-order valence-electron chi connectivity index (χ0n) is 15.4. The highest BCUT2D eigenvalue weighted by Gasteiger charge is 2.09. The highest BCUT2D eigenvalue weighted by atomic mass is 32.1. The summed E-state index contributed by atoms with van der Waals surface area (Å²) in [6.07, 6.45) is 1.49. The van der Waals surface area contributed by atoms with Gasteiger partial charge >= 0.3 is 0 Å². The quantitative estimate of drug-likeness (QED) is 0.530. The number of nitrogens with zero attached hydrogens (tertiary/aromatic N) is 3. The van der Waals surface area contributed by atoms with Crippen molar-refractivity contribution in [2.75, 3.05) is 24.3 Å². The molecule has 0 aliphatic heterocycles. The van der Waals surface area contributed by atoms with Crippen LogP contribution in [0.5, 0.6) is 11.6 Å². The summed E-state index contributed by atoms with van der Waals surface area (Å²) in [6.45, 7) is 0. The van der Waals surface area contributed by atoms with Crippen LogP contribution in [0.25, 0.3) is 10.2 Å².